The number of carbonyl (C=O) groups excluding carboxylic acids is 3. The number of thioether (sulfide) groups is 1. The summed E-state index contributed by atoms with van der Waals surface area (Å²) in [7, 11) is 0. The maximum Gasteiger partial charge on any atom is 0.316 e. The van der Waals surface area contributed by atoms with Gasteiger partial charge < -0.3 is 15.0 Å². The number of hydrogen-bond acceptors (Lipinski definition) is 5. The van der Waals surface area contributed by atoms with Crippen LogP contribution in [0.4, 0.5) is 0 Å². The normalized spacial score (nSPS) is 12.4. The third-order valence-electron chi connectivity index (χ3n) is 4.23. The second-order valence-electron chi connectivity index (χ2n) is 6.09. The minimum absolute atomic E-state index is 0.0232. The van der Waals surface area contributed by atoms with E-state index in [2.05, 4.69) is 17.4 Å². The Kier molecular flexibility index (Phi) is 7.97. The number of esters is 1. The molecule has 7 heteroatoms. The molecule has 1 aliphatic carbocycles. The molecule has 6 nitrogen and oxygen atoms in total. The largest absolute Gasteiger partial charge is 0.455 e. The minimum Gasteiger partial charge on any atom is -0.455 e. The number of benzene rings is 1. The lowest BCUT2D eigenvalue weighted by atomic mass is 10.1. The lowest BCUT2D eigenvalue weighted by Crippen LogP contribution is -2.42. The molecule has 2 amide bonds. The Bertz CT molecular complexity index is 663. The third kappa shape index (κ3) is 6.05. The van der Waals surface area contributed by atoms with E-state index in [0.717, 1.165) is 17.7 Å². The number of ether oxygens (including phenoxy) is 1. The SMILES string of the molecule is CCNC(=O)CN(CC)C(=O)COC(=O)CSc1ccc2c(c1)CCC2. The zero-order valence-electron chi connectivity index (χ0n) is 15.4. The van der Waals surface area contributed by atoms with Crippen LogP contribution in [0.25, 0.3) is 0 Å². The molecule has 0 radical (unpaired) electrons. The molecule has 1 aromatic carbocycles. The second kappa shape index (κ2) is 10.2. The van der Waals surface area contributed by atoms with Crippen molar-refractivity contribution in [2.75, 3.05) is 32.0 Å². The van der Waals surface area contributed by atoms with Crippen LogP contribution in [0, 0.1) is 0 Å². The summed E-state index contributed by atoms with van der Waals surface area (Å²) in [6.45, 7) is 4.14. The molecule has 0 atom stereocenters. The van der Waals surface area contributed by atoms with E-state index < -0.39 is 5.97 Å². The van der Waals surface area contributed by atoms with Crippen LogP contribution in [0.5, 0.6) is 0 Å². The Labute approximate surface area is 158 Å². The molecular formula is C19H26N2O4S. The van der Waals surface area contributed by atoms with Crippen molar-refractivity contribution in [1.82, 2.24) is 10.2 Å². The molecule has 26 heavy (non-hydrogen) atoms. The molecule has 1 aromatic rings. The first-order valence-corrected chi connectivity index (χ1v) is 9.96. The summed E-state index contributed by atoms with van der Waals surface area (Å²) in [5.74, 6) is -0.858. The molecule has 0 heterocycles. The Balaban J connectivity index is 1.73. The predicted molar refractivity (Wildman–Crippen MR) is 101 cm³/mol. The molecule has 0 fully saturated rings. The molecule has 142 valence electrons. The highest BCUT2D eigenvalue weighted by Gasteiger charge is 2.17. The zero-order valence-corrected chi connectivity index (χ0v) is 16.2. The summed E-state index contributed by atoms with van der Waals surface area (Å²) in [6.07, 6.45) is 3.42. The number of fused-ring (bicyclic) bond motifs is 1. The number of amides is 2. The standard InChI is InChI=1S/C19H26N2O4S/c1-3-20-17(22)11-21(4-2)18(23)12-25-19(24)13-26-16-9-8-14-6-5-7-15(14)10-16/h8-10H,3-7,11-13H2,1-2H3,(H,20,22). The highest BCUT2D eigenvalue weighted by Crippen LogP contribution is 2.27. The van der Waals surface area contributed by atoms with Gasteiger partial charge in [0.05, 0.1) is 12.3 Å². The van der Waals surface area contributed by atoms with Crippen molar-refractivity contribution in [3.05, 3.63) is 29.3 Å². The first kappa shape index (κ1) is 20.3. The first-order valence-electron chi connectivity index (χ1n) is 8.98. The molecule has 0 saturated carbocycles. The lowest BCUT2D eigenvalue weighted by Gasteiger charge is -2.20. The Morgan fingerprint density at radius 2 is 1.96 bits per heavy atom. The quantitative estimate of drug-likeness (QED) is 0.524. The van der Waals surface area contributed by atoms with Crippen molar-refractivity contribution in [1.29, 1.82) is 0 Å². The van der Waals surface area contributed by atoms with Gasteiger partial charge in [-0.25, -0.2) is 0 Å². The van der Waals surface area contributed by atoms with Crippen LogP contribution in [0.2, 0.25) is 0 Å². The summed E-state index contributed by atoms with van der Waals surface area (Å²) in [4.78, 5) is 38.0. The van der Waals surface area contributed by atoms with Crippen LogP contribution in [0.15, 0.2) is 23.1 Å². The third-order valence-corrected chi connectivity index (χ3v) is 5.19. The predicted octanol–water partition coefficient (Wildman–Crippen LogP) is 1.80. The van der Waals surface area contributed by atoms with Gasteiger partial charge >= 0.3 is 5.97 Å². The zero-order chi connectivity index (χ0) is 18.9. The van der Waals surface area contributed by atoms with Gasteiger partial charge in [0.1, 0.15) is 0 Å². The number of hydrogen-bond donors (Lipinski definition) is 1. The van der Waals surface area contributed by atoms with Crippen molar-refractivity contribution >= 4 is 29.5 Å². The Morgan fingerprint density at radius 1 is 1.19 bits per heavy atom. The van der Waals surface area contributed by atoms with Crippen LogP contribution in [-0.4, -0.2) is 54.7 Å². The molecule has 1 aliphatic rings. The number of carbonyl (C=O) groups is 3. The fourth-order valence-electron chi connectivity index (χ4n) is 2.86. The van der Waals surface area contributed by atoms with Crippen molar-refractivity contribution in [2.24, 2.45) is 0 Å². The number of aryl methyl sites for hydroxylation is 2. The maximum absolute atomic E-state index is 12.1. The van der Waals surface area contributed by atoms with Gasteiger partial charge in [0, 0.05) is 18.0 Å². The molecule has 0 aliphatic heterocycles. The molecular weight excluding hydrogens is 352 g/mol. The van der Waals surface area contributed by atoms with E-state index >= 15 is 0 Å². The van der Waals surface area contributed by atoms with E-state index in [0.29, 0.717) is 13.1 Å². The smallest absolute Gasteiger partial charge is 0.316 e. The van der Waals surface area contributed by atoms with Crippen molar-refractivity contribution in [3.8, 4) is 0 Å². The van der Waals surface area contributed by atoms with Gasteiger partial charge in [-0.2, -0.15) is 0 Å². The average Bonchev–Trinajstić information content (AvgIpc) is 3.10. The summed E-state index contributed by atoms with van der Waals surface area (Å²) in [5, 5.41) is 2.64. The van der Waals surface area contributed by atoms with E-state index in [1.165, 1.54) is 34.2 Å². The molecule has 2 rings (SSSR count). The van der Waals surface area contributed by atoms with E-state index in [9.17, 15) is 14.4 Å². The van der Waals surface area contributed by atoms with Crippen molar-refractivity contribution < 1.29 is 19.1 Å². The summed E-state index contributed by atoms with van der Waals surface area (Å²) in [6, 6.07) is 6.29. The number of likely N-dealkylation sites (N-methyl/N-ethyl adjacent to an activating group) is 2. The molecule has 0 saturated heterocycles. The van der Waals surface area contributed by atoms with E-state index in [4.69, 9.17) is 4.74 Å². The van der Waals surface area contributed by atoms with E-state index in [1.54, 1.807) is 6.92 Å². The van der Waals surface area contributed by atoms with Crippen LogP contribution in [0.1, 0.15) is 31.4 Å². The van der Waals surface area contributed by atoms with Crippen molar-refractivity contribution in [2.45, 2.75) is 38.0 Å². The van der Waals surface area contributed by atoms with Crippen molar-refractivity contribution in [3.63, 3.8) is 0 Å². The van der Waals surface area contributed by atoms with Gasteiger partial charge in [0.25, 0.3) is 5.91 Å². The second-order valence-corrected chi connectivity index (χ2v) is 7.14. The topological polar surface area (TPSA) is 75.7 Å². The molecule has 0 aromatic heterocycles. The molecule has 0 unspecified atom stereocenters. The van der Waals surface area contributed by atoms with Gasteiger partial charge in [0.2, 0.25) is 5.91 Å². The van der Waals surface area contributed by atoms with Crippen LogP contribution in [-0.2, 0) is 32.0 Å². The number of rotatable bonds is 9. The van der Waals surface area contributed by atoms with E-state index in [-0.39, 0.29) is 30.7 Å². The highest BCUT2D eigenvalue weighted by atomic mass is 32.2. The highest BCUT2D eigenvalue weighted by molar-refractivity contribution is 8.00. The summed E-state index contributed by atoms with van der Waals surface area (Å²) < 4.78 is 5.06. The number of nitrogens with zero attached hydrogens (tertiary/aromatic N) is 1. The molecule has 0 bridgehead atoms. The van der Waals surface area contributed by atoms with Gasteiger partial charge in [-0.15, -0.1) is 11.8 Å². The fourth-order valence-corrected chi connectivity index (χ4v) is 3.62. The maximum atomic E-state index is 12.1. The average molecular weight is 378 g/mol. The Morgan fingerprint density at radius 3 is 2.69 bits per heavy atom. The summed E-state index contributed by atoms with van der Waals surface area (Å²) in [5.41, 5.74) is 2.76. The molecule has 0 spiro atoms. The first-order chi connectivity index (χ1) is 12.5. The van der Waals surface area contributed by atoms with E-state index in [1.807, 2.05) is 13.0 Å². The minimum atomic E-state index is -0.432. The van der Waals surface area contributed by atoms with Crippen LogP contribution >= 0.6 is 11.8 Å². The Hall–Kier alpha value is -2.02. The van der Waals surface area contributed by atoms with Gasteiger partial charge in [-0.1, -0.05) is 6.07 Å². The monoisotopic (exact) mass is 378 g/mol. The summed E-state index contributed by atoms with van der Waals surface area (Å²) >= 11 is 1.41. The van der Waals surface area contributed by atoms with Gasteiger partial charge in [-0.05, 0) is 56.4 Å². The molecule has 1 N–H and O–H groups in total. The fraction of sp³-hybridized carbons (Fsp3) is 0.526. The van der Waals surface area contributed by atoms with Crippen LogP contribution < -0.4 is 5.32 Å². The van der Waals surface area contributed by atoms with Gasteiger partial charge in [-0.3, -0.25) is 14.4 Å². The number of nitrogens with one attached hydrogen (secondary N) is 1. The van der Waals surface area contributed by atoms with Crippen LogP contribution in [0.3, 0.4) is 0 Å². The lowest BCUT2D eigenvalue weighted by molar-refractivity contribution is -0.150. The van der Waals surface area contributed by atoms with Gasteiger partial charge in [0.15, 0.2) is 6.61 Å².